The average molecular weight is 279 g/mol. The highest BCUT2D eigenvalue weighted by atomic mass is 19.4. The van der Waals surface area contributed by atoms with E-state index in [0.29, 0.717) is 0 Å². The van der Waals surface area contributed by atoms with E-state index in [1.807, 2.05) is 0 Å². The fourth-order valence-corrected chi connectivity index (χ4v) is 1.27. The van der Waals surface area contributed by atoms with Crippen LogP contribution in [0.15, 0.2) is 18.2 Å². The van der Waals surface area contributed by atoms with Gasteiger partial charge in [-0.3, -0.25) is 4.79 Å². The van der Waals surface area contributed by atoms with E-state index in [2.05, 4.69) is 10.1 Å². The van der Waals surface area contributed by atoms with Gasteiger partial charge in [-0.2, -0.15) is 0 Å². The number of phenolic OH excluding ortho intramolecular Hbond substituents is 1. The number of benzene rings is 1. The van der Waals surface area contributed by atoms with Crippen molar-refractivity contribution in [3.63, 3.8) is 0 Å². The van der Waals surface area contributed by atoms with Gasteiger partial charge in [0.1, 0.15) is 11.5 Å². The lowest BCUT2D eigenvalue weighted by atomic mass is 10.2. The minimum Gasteiger partial charge on any atom is -0.508 e. The maximum Gasteiger partial charge on any atom is 0.573 e. The van der Waals surface area contributed by atoms with E-state index < -0.39 is 23.8 Å². The molecule has 0 aliphatic heterocycles. The highest BCUT2D eigenvalue weighted by molar-refractivity contribution is 5.97. The molecule has 0 unspecified atom stereocenters. The summed E-state index contributed by atoms with van der Waals surface area (Å²) in [6.07, 6.45) is -4.95. The van der Waals surface area contributed by atoms with E-state index in [1.165, 1.54) is 7.11 Å². The van der Waals surface area contributed by atoms with Crippen LogP contribution in [0.4, 0.5) is 13.2 Å². The fourth-order valence-electron chi connectivity index (χ4n) is 1.27. The zero-order valence-corrected chi connectivity index (χ0v) is 9.95. The van der Waals surface area contributed by atoms with E-state index in [-0.39, 0.29) is 18.7 Å². The van der Waals surface area contributed by atoms with Crippen molar-refractivity contribution in [1.82, 2.24) is 5.32 Å². The third-order valence-electron chi connectivity index (χ3n) is 2.03. The molecule has 5 nitrogen and oxygen atoms in total. The topological polar surface area (TPSA) is 67.8 Å². The number of amides is 1. The monoisotopic (exact) mass is 279 g/mol. The molecule has 0 heterocycles. The lowest BCUT2D eigenvalue weighted by Crippen LogP contribution is -2.28. The van der Waals surface area contributed by atoms with Gasteiger partial charge in [0.2, 0.25) is 0 Å². The molecule has 1 aromatic rings. The molecule has 8 heteroatoms. The summed E-state index contributed by atoms with van der Waals surface area (Å²) in [6.45, 7) is 0.362. The molecule has 19 heavy (non-hydrogen) atoms. The first-order chi connectivity index (χ1) is 8.83. The molecule has 0 aromatic heterocycles. The Hall–Kier alpha value is -1.96. The molecular weight excluding hydrogens is 267 g/mol. The summed E-state index contributed by atoms with van der Waals surface area (Å²) in [5.74, 6) is -1.95. The van der Waals surface area contributed by atoms with E-state index in [0.717, 1.165) is 18.2 Å². The third-order valence-corrected chi connectivity index (χ3v) is 2.03. The Labute approximate surface area is 106 Å². The predicted molar refractivity (Wildman–Crippen MR) is 59.0 cm³/mol. The van der Waals surface area contributed by atoms with Gasteiger partial charge in [-0.25, -0.2) is 0 Å². The first-order valence-electron chi connectivity index (χ1n) is 5.19. The van der Waals surface area contributed by atoms with Crippen LogP contribution in [0, 0.1) is 0 Å². The Morgan fingerprint density at radius 1 is 1.42 bits per heavy atom. The number of carbonyl (C=O) groups excluding carboxylic acids is 1. The van der Waals surface area contributed by atoms with Crippen LogP contribution in [0.2, 0.25) is 0 Å². The van der Waals surface area contributed by atoms with E-state index in [1.54, 1.807) is 0 Å². The molecule has 0 aliphatic carbocycles. The molecule has 0 saturated heterocycles. The van der Waals surface area contributed by atoms with Crippen LogP contribution in [0.5, 0.6) is 11.5 Å². The number of methoxy groups -OCH3 is 1. The molecule has 0 bridgehead atoms. The van der Waals surface area contributed by atoms with Gasteiger partial charge >= 0.3 is 6.36 Å². The molecule has 106 valence electrons. The Morgan fingerprint density at radius 3 is 2.68 bits per heavy atom. The van der Waals surface area contributed by atoms with Crippen LogP contribution in [-0.2, 0) is 4.74 Å². The Morgan fingerprint density at radius 2 is 2.11 bits per heavy atom. The number of rotatable bonds is 5. The van der Waals surface area contributed by atoms with Crippen molar-refractivity contribution in [2.45, 2.75) is 6.36 Å². The van der Waals surface area contributed by atoms with Crippen molar-refractivity contribution in [3.05, 3.63) is 23.8 Å². The van der Waals surface area contributed by atoms with Gasteiger partial charge in [-0.1, -0.05) is 0 Å². The lowest BCUT2D eigenvalue weighted by molar-refractivity contribution is -0.274. The Kier molecular flexibility index (Phi) is 4.99. The van der Waals surface area contributed by atoms with Crippen LogP contribution in [0.25, 0.3) is 0 Å². The quantitative estimate of drug-likeness (QED) is 0.804. The number of hydrogen-bond donors (Lipinski definition) is 2. The first kappa shape index (κ1) is 15.1. The Balaban J connectivity index is 2.90. The molecule has 1 amide bonds. The number of hydrogen-bond acceptors (Lipinski definition) is 4. The molecule has 0 radical (unpaired) electrons. The van der Waals surface area contributed by atoms with Gasteiger partial charge in [-0.15, -0.1) is 13.2 Å². The number of alkyl halides is 3. The molecule has 0 atom stereocenters. The van der Waals surface area contributed by atoms with Gasteiger partial charge in [0.15, 0.2) is 0 Å². The minimum atomic E-state index is -4.95. The summed E-state index contributed by atoms with van der Waals surface area (Å²) in [5, 5.41) is 11.5. The zero-order valence-electron chi connectivity index (χ0n) is 9.95. The fraction of sp³-hybridized carbons (Fsp3) is 0.364. The van der Waals surface area contributed by atoms with Crippen LogP contribution in [0.1, 0.15) is 10.4 Å². The zero-order chi connectivity index (χ0) is 14.5. The molecule has 0 fully saturated rings. The summed E-state index contributed by atoms with van der Waals surface area (Å²) in [4.78, 5) is 11.6. The third kappa shape index (κ3) is 5.04. The maximum atomic E-state index is 12.2. The van der Waals surface area contributed by atoms with Crippen molar-refractivity contribution in [3.8, 4) is 11.5 Å². The smallest absolute Gasteiger partial charge is 0.508 e. The first-order valence-corrected chi connectivity index (χ1v) is 5.19. The van der Waals surface area contributed by atoms with Gasteiger partial charge in [0.05, 0.1) is 12.2 Å². The summed E-state index contributed by atoms with van der Waals surface area (Å²) in [6, 6.07) is 2.85. The maximum absolute atomic E-state index is 12.2. The summed E-state index contributed by atoms with van der Waals surface area (Å²) < 4.78 is 44.9. The van der Waals surface area contributed by atoms with E-state index >= 15 is 0 Å². The number of phenols is 1. The van der Waals surface area contributed by atoms with Crippen molar-refractivity contribution in [2.75, 3.05) is 20.3 Å². The van der Waals surface area contributed by atoms with Crippen molar-refractivity contribution in [1.29, 1.82) is 0 Å². The normalized spacial score (nSPS) is 11.2. The van der Waals surface area contributed by atoms with Gasteiger partial charge in [-0.05, 0) is 12.1 Å². The summed E-state index contributed by atoms with van der Waals surface area (Å²) in [7, 11) is 1.42. The molecule has 1 rings (SSSR count). The second kappa shape index (κ2) is 6.28. The van der Waals surface area contributed by atoms with E-state index in [4.69, 9.17) is 9.84 Å². The lowest BCUT2D eigenvalue weighted by Gasteiger charge is -2.13. The van der Waals surface area contributed by atoms with Gasteiger partial charge in [0, 0.05) is 19.7 Å². The molecule has 0 spiro atoms. The van der Waals surface area contributed by atoms with Crippen molar-refractivity contribution >= 4 is 5.91 Å². The number of ether oxygens (including phenoxy) is 2. The van der Waals surface area contributed by atoms with Crippen LogP contribution < -0.4 is 10.1 Å². The molecule has 2 N–H and O–H groups in total. The second-order valence-electron chi connectivity index (χ2n) is 3.48. The summed E-state index contributed by atoms with van der Waals surface area (Å²) >= 11 is 0. The van der Waals surface area contributed by atoms with Crippen LogP contribution in [-0.4, -0.2) is 37.6 Å². The van der Waals surface area contributed by atoms with Crippen LogP contribution in [0.3, 0.4) is 0 Å². The standard InChI is InChI=1S/C11H12F3NO4/c1-18-5-4-15-10(17)8-3-2-7(16)6-9(8)19-11(12,13)14/h2-3,6,16H,4-5H2,1H3,(H,15,17). The predicted octanol–water partition coefficient (Wildman–Crippen LogP) is 1.67. The van der Waals surface area contributed by atoms with Crippen LogP contribution >= 0.6 is 0 Å². The molecule has 1 aromatic carbocycles. The second-order valence-corrected chi connectivity index (χ2v) is 3.48. The average Bonchev–Trinajstić information content (AvgIpc) is 2.27. The van der Waals surface area contributed by atoms with Crippen molar-refractivity contribution < 1.29 is 32.5 Å². The van der Waals surface area contributed by atoms with Gasteiger partial charge < -0.3 is 19.9 Å². The van der Waals surface area contributed by atoms with Crippen molar-refractivity contribution in [2.24, 2.45) is 0 Å². The molecule has 0 saturated carbocycles. The number of carbonyl (C=O) groups is 1. The summed E-state index contributed by atoms with van der Waals surface area (Å²) in [5.41, 5.74) is -0.328. The molecular formula is C11H12F3NO4. The number of halogens is 3. The van der Waals surface area contributed by atoms with Gasteiger partial charge in [0.25, 0.3) is 5.91 Å². The minimum absolute atomic E-state index is 0.141. The number of aromatic hydroxyl groups is 1. The SMILES string of the molecule is COCCNC(=O)c1ccc(O)cc1OC(F)(F)F. The largest absolute Gasteiger partial charge is 0.573 e. The van der Waals surface area contributed by atoms with E-state index in [9.17, 15) is 18.0 Å². The number of nitrogens with one attached hydrogen (secondary N) is 1. The highest BCUT2D eigenvalue weighted by Gasteiger charge is 2.33. The highest BCUT2D eigenvalue weighted by Crippen LogP contribution is 2.29. The molecule has 0 aliphatic rings. The Bertz CT molecular complexity index is 448.